The highest BCUT2D eigenvalue weighted by Gasteiger charge is 2.30. The van der Waals surface area contributed by atoms with Crippen molar-refractivity contribution < 1.29 is 80.2 Å². The summed E-state index contributed by atoms with van der Waals surface area (Å²) in [5, 5.41) is 10.7. The van der Waals surface area contributed by atoms with E-state index in [0.29, 0.717) is 25.7 Å². The van der Waals surface area contributed by atoms with Crippen LogP contribution in [0, 0.1) is 0 Å². The first-order chi connectivity index (χ1) is 52.2. The molecule has 0 heterocycles. The molecule has 0 bridgehead atoms. The molecule has 5 atom stereocenters. The second-order valence-electron chi connectivity index (χ2n) is 31.6. The highest BCUT2D eigenvalue weighted by atomic mass is 31.2. The van der Waals surface area contributed by atoms with Crippen LogP contribution >= 0.6 is 15.6 Å². The van der Waals surface area contributed by atoms with E-state index in [1.54, 1.807) is 0 Å². The minimum Gasteiger partial charge on any atom is -0.462 e. The van der Waals surface area contributed by atoms with E-state index in [4.69, 9.17) is 37.0 Å². The van der Waals surface area contributed by atoms with Crippen LogP contribution in [0.5, 0.6) is 0 Å². The van der Waals surface area contributed by atoms with Gasteiger partial charge in [-0.3, -0.25) is 37.3 Å². The van der Waals surface area contributed by atoms with E-state index in [1.165, 1.54) is 315 Å². The minimum atomic E-state index is -4.97. The van der Waals surface area contributed by atoms with Gasteiger partial charge in [0, 0.05) is 25.7 Å². The first kappa shape index (κ1) is 105. The zero-order chi connectivity index (χ0) is 78.1. The van der Waals surface area contributed by atoms with Gasteiger partial charge < -0.3 is 33.8 Å². The summed E-state index contributed by atoms with van der Waals surface area (Å²) in [5.74, 6) is -2.10. The lowest BCUT2D eigenvalue weighted by atomic mass is 10.0. The molecule has 0 spiro atoms. The number of rotatable bonds is 89. The Labute approximate surface area is 658 Å². The third-order valence-electron chi connectivity index (χ3n) is 20.9. The fourth-order valence-corrected chi connectivity index (χ4v) is 15.5. The van der Waals surface area contributed by atoms with Crippen LogP contribution in [0.1, 0.15) is 484 Å². The third kappa shape index (κ3) is 81.9. The molecule has 0 aliphatic carbocycles. The molecule has 0 aromatic rings. The maximum Gasteiger partial charge on any atom is 0.472 e. The summed E-state index contributed by atoms with van der Waals surface area (Å²) in [5.41, 5.74) is 0. The number of phosphoric acid groups is 2. The molecular formula is C88H172O17P2. The number of aliphatic hydroxyl groups is 1. The molecular weight excluding hydrogens is 1390 g/mol. The molecule has 0 saturated heterocycles. The van der Waals surface area contributed by atoms with Gasteiger partial charge in [-0.05, 0) is 25.7 Å². The Morgan fingerprint density at radius 3 is 0.551 bits per heavy atom. The van der Waals surface area contributed by atoms with Crippen molar-refractivity contribution in [2.75, 3.05) is 39.6 Å². The van der Waals surface area contributed by atoms with Gasteiger partial charge in [0.25, 0.3) is 0 Å². The van der Waals surface area contributed by atoms with E-state index in [9.17, 15) is 43.2 Å². The Hall–Kier alpha value is -1.94. The highest BCUT2D eigenvalue weighted by molar-refractivity contribution is 7.47. The zero-order valence-corrected chi connectivity index (χ0v) is 71.9. The van der Waals surface area contributed by atoms with Gasteiger partial charge in [0.2, 0.25) is 0 Å². The predicted molar refractivity (Wildman–Crippen MR) is 442 cm³/mol. The van der Waals surface area contributed by atoms with Crippen LogP contribution in [0.4, 0.5) is 0 Å². The van der Waals surface area contributed by atoms with E-state index >= 15 is 0 Å². The van der Waals surface area contributed by atoms with Crippen LogP contribution in [-0.4, -0.2) is 96.7 Å². The van der Waals surface area contributed by atoms with Crippen molar-refractivity contribution in [1.29, 1.82) is 0 Å². The van der Waals surface area contributed by atoms with E-state index in [-0.39, 0.29) is 25.7 Å². The number of esters is 4. The molecule has 0 fully saturated rings. The Bertz CT molecular complexity index is 2020. The van der Waals surface area contributed by atoms with E-state index in [1.807, 2.05) is 0 Å². The highest BCUT2D eigenvalue weighted by Crippen LogP contribution is 2.45. The second kappa shape index (κ2) is 82.1. The smallest absolute Gasteiger partial charge is 0.462 e. The summed E-state index contributed by atoms with van der Waals surface area (Å²) in [7, 11) is -9.93. The number of carbonyl (C=O) groups excluding carboxylic acids is 4. The molecule has 0 aromatic heterocycles. The van der Waals surface area contributed by atoms with Gasteiger partial charge in [-0.25, -0.2) is 9.13 Å². The molecule has 19 heteroatoms. The van der Waals surface area contributed by atoms with Gasteiger partial charge in [0.1, 0.15) is 19.3 Å². The van der Waals surface area contributed by atoms with Gasteiger partial charge in [0.15, 0.2) is 12.2 Å². The van der Waals surface area contributed by atoms with Crippen LogP contribution in [0.15, 0.2) is 0 Å². The van der Waals surface area contributed by atoms with Crippen LogP contribution in [0.2, 0.25) is 0 Å². The lowest BCUT2D eigenvalue weighted by molar-refractivity contribution is -0.161. The first-order valence-corrected chi connectivity index (χ1v) is 48.8. The van der Waals surface area contributed by atoms with Crippen molar-refractivity contribution in [1.82, 2.24) is 0 Å². The SMILES string of the molecule is CCCCCCCCCCCCCCCCCCCCCCCCC(=O)O[C@H](COC(=O)CCCCCCCCCCCCCCCCCCCCC)COP(=O)(O)OC[C@@H](O)COP(=O)(O)OC[C@@H](COC(=O)CCCCCCCCCCC)OC(=O)CCCCCCCCCCCCCCCCCCC. The monoisotopic (exact) mass is 1560 g/mol. The first-order valence-electron chi connectivity index (χ1n) is 45.8. The van der Waals surface area contributed by atoms with Crippen molar-refractivity contribution >= 4 is 39.5 Å². The third-order valence-corrected chi connectivity index (χ3v) is 22.8. The van der Waals surface area contributed by atoms with E-state index < -0.39 is 97.5 Å². The number of hydrogen-bond acceptors (Lipinski definition) is 15. The average Bonchev–Trinajstić information content (AvgIpc) is 0.904. The van der Waals surface area contributed by atoms with Crippen LogP contribution in [-0.2, 0) is 65.4 Å². The number of phosphoric ester groups is 2. The van der Waals surface area contributed by atoms with Crippen molar-refractivity contribution in [2.45, 2.75) is 502 Å². The average molecular weight is 1560 g/mol. The maximum atomic E-state index is 13.2. The summed E-state index contributed by atoms with van der Waals surface area (Å²) in [6, 6.07) is 0. The minimum absolute atomic E-state index is 0.109. The van der Waals surface area contributed by atoms with Crippen molar-refractivity contribution in [3.8, 4) is 0 Å². The fraction of sp³-hybridized carbons (Fsp3) is 0.955. The molecule has 0 saturated carbocycles. The Kier molecular flexibility index (Phi) is 80.6. The molecule has 0 rings (SSSR count). The van der Waals surface area contributed by atoms with Gasteiger partial charge in [-0.2, -0.15) is 0 Å². The Balaban J connectivity index is 5.19. The molecule has 17 nitrogen and oxygen atoms in total. The summed E-state index contributed by atoms with van der Waals surface area (Å²) >= 11 is 0. The summed E-state index contributed by atoms with van der Waals surface area (Å²) in [6.07, 6.45) is 77.9. The van der Waals surface area contributed by atoms with Crippen molar-refractivity contribution in [2.24, 2.45) is 0 Å². The molecule has 0 amide bonds. The predicted octanol–water partition coefficient (Wildman–Crippen LogP) is 27.3. The number of carbonyl (C=O) groups is 4. The van der Waals surface area contributed by atoms with Gasteiger partial charge in [-0.15, -0.1) is 0 Å². The Morgan fingerprint density at radius 2 is 0.374 bits per heavy atom. The fourth-order valence-electron chi connectivity index (χ4n) is 13.9. The molecule has 107 heavy (non-hydrogen) atoms. The lowest BCUT2D eigenvalue weighted by Gasteiger charge is -2.21. The van der Waals surface area contributed by atoms with Crippen LogP contribution in [0.25, 0.3) is 0 Å². The zero-order valence-electron chi connectivity index (χ0n) is 70.1. The molecule has 0 aliphatic heterocycles. The van der Waals surface area contributed by atoms with E-state index in [0.717, 1.165) is 89.9 Å². The van der Waals surface area contributed by atoms with E-state index in [2.05, 4.69) is 27.7 Å². The van der Waals surface area contributed by atoms with Gasteiger partial charge in [0.05, 0.1) is 26.4 Å². The molecule has 2 unspecified atom stereocenters. The molecule has 0 radical (unpaired) electrons. The van der Waals surface area contributed by atoms with Crippen LogP contribution < -0.4 is 0 Å². The standard InChI is InChI=1S/C88H172O17P2/c1-5-9-13-17-21-25-28-31-34-37-39-40-41-43-46-49-52-55-59-63-67-71-75-88(93)105-84(79-99-86(91)73-69-65-61-57-53-50-47-45-42-38-35-32-29-26-22-18-14-10-6-2)81-103-107(96,97)101-77-82(89)76-100-106(94,95)102-80-83(78-98-85(90)72-68-64-60-56-24-20-16-12-8-4)104-87(92)74-70-66-62-58-54-51-48-44-36-33-30-27-23-19-15-11-7-3/h82-84,89H,5-81H2,1-4H3,(H,94,95)(H,96,97)/t82-,83+,84+/m0/s1. The number of aliphatic hydroxyl groups excluding tert-OH is 1. The summed E-state index contributed by atoms with van der Waals surface area (Å²) in [4.78, 5) is 73.2. The van der Waals surface area contributed by atoms with Crippen molar-refractivity contribution in [3.05, 3.63) is 0 Å². The lowest BCUT2D eigenvalue weighted by Crippen LogP contribution is -2.30. The van der Waals surface area contributed by atoms with Gasteiger partial charge in [-0.1, -0.05) is 432 Å². The number of hydrogen-bond donors (Lipinski definition) is 3. The number of unbranched alkanes of at least 4 members (excludes halogenated alkanes) is 63. The second-order valence-corrected chi connectivity index (χ2v) is 34.5. The maximum absolute atomic E-state index is 13.2. The normalized spacial score (nSPS) is 13.7. The summed E-state index contributed by atoms with van der Waals surface area (Å²) in [6.45, 7) is 5.05. The Morgan fingerprint density at radius 1 is 0.224 bits per heavy atom. The summed E-state index contributed by atoms with van der Waals surface area (Å²) < 4.78 is 68.9. The van der Waals surface area contributed by atoms with Crippen LogP contribution in [0.3, 0.4) is 0 Å². The molecule has 0 aromatic carbocycles. The largest absolute Gasteiger partial charge is 0.472 e. The molecule has 3 N–H and O–H groups in total. The number of ether oxygens (including phenoxy) is 4. The molecule has 0 aliphatic rings. The van der Waals surface area contributed by atoms with Crippen molar-refractivity contribution in [3.63, 3.8) is 0 Å². The quantitative estimate of drug-likeness (QED) is 0.0222. The molecule has 636 valence electrons. The topological polar surface area (TPSA) is 237 Å². The van der Waals surface area contributed by atoms with Gasteiger partial charge >= 0.3 is 39.5 Å².